The second-order valence-electron chi connectivity index (χ2n) is 7.77. The first-order chi connectivity index (χ1) is 12.9. The number of aliphatic hydroxyl groups excluding tert-OH is 1. The summed E-state index contributed by atoms with van der Waals surface area (Å²) < 4.78 is 0. The third kappa shape index (κ3) is 5.82. The molecule has 1 aromatic rings. The lowest BCUT2D eigenvalue weighted by Crippen LogP contribution is -2.39. The summed E-state index contributed by atoms with van der Waals surface area (Å²) in [6.07, 6.45) is 7.39. The molecule has 1 atom stereocenters. The Morgan fingerprint density at radius 1 is 1.15 bits per heavy atom. The van der Waals surface area contributed by atoms with Crippen LogP contribution in [0.2, 0.25) is 0 Å². The van der Waals surface area contributed by atoms with Crippen LogP contribution in [0, 0.1) is 11.3 Å². The van der Waals surface area contributed by atoms with Gasteiger partial charge in [-0.25, -0.2) is 0 Å². The van der Waals surface area contributed by atoms with Gasteiger partial charge < -0.3 is 10.4 Å². The maximum atomic E-state index is 13.4. The van der Waals surface area contributed by atoms with Crippen LogP contribution in [0.5, 0.6) is 0 Å². The second-order valence-corrected chi connectivity index (χ2v) is 8.82. The van der Waals surface area contributed by atoms with Crippen molar-refractivity contribution in [1.29, 1.82) is 0 Å². The van der Waals surface area contributed by atoms with Crippen molar-refractivity contribution in [2.75, 3.05) is 5.32 Å². The zero-order valence-corrected chi connectivity index (χ0v) is 17.6. The molecule has 0 bridgehead atoms. The number of hydrogen-bond donors (Lipinski definition) is 2. The van der Waals surface area contributed by atoms with Crippen molar-refractivity contribution in [3.8, 4) is 0 Å². The van der Waals surface area contributed by atoms with Gasteiger partial charge in [-0.3, -0.25) is 9.59 Å². The van der Waals surface area contributed by atoms with Crippen molar-refractivity contribution >= 4 is 28.5 Å². The highest BCUT2D eigenvalue weighted by Gasteiger charge is 2.40. The molecule has 150 valence electrons. The number of aliphatic hydroxyl groups is 1. The number of carbonyl (C=O) groups excluding carboxylic acids is 2. The van der Waals surface area contributed by atoms with E-state index in [0.29, 0.717) is 16.5 Å². The molecule has 1 aliphatic carbocycles. The van der Waals surface area contributed by atoms with E-state index in [-0.39, 0.29) is 16.4 Å². The Kier molecular flexibility index (Phi) is 8.36. The van der Waals surface area contributed by atoms with Crippen LogP contribution in [0.3, 0.4) is 0 Å². The Bertz CT molecular complexity index is 634. The normalized spacial score (nSPS) is 17.5. The van der Waals surface area contributed by atoms with Crippen LogP contribution in [-0.4, -0.2) is 22.2 Å². The molecule has 0 saturated heterocycles. The van der Waals surface area contributed by atoms with Crippen molar-refractivity contribution in [3.63, 3.8) is 0 Å². The van der Waals surface area contributed by atoms with E-state index in [1.807, 2.05) is 24.3 Å². The molecule has 4 nitrogen and oxygen atoms in total. The van der Waals surface area contributed by atoms with Crippen LogP contribution in [0.25, 0.3) is 0 Å². The minimum atomic E-state index is -1.03. The molecule has 2 N–H and O–H groups in total. The maximum Gasteiger partial charge on any atom is 0.230 e. The van der Waals surface area contributed by atoms with Crippen LogP contribution in [0.4, 0.5) is 5.69 Å². The summed E-state index contributed by atoms with van der Waals surface area (Å²) in [6, 6.07) is 7.35. The average Bonchev–Trinajstić information content (AvgIpc) is 2.68. The predicted octanol–water partition coefficient (Wildman–Crippen LogP) is 5.40. The average molecular weight is 392 g/mol. The number of anilines is 1. The largest absolute Gasteiger partial charge is 0.385 e. The number of hydrogen-bond acceptors (Lipinski definition) is 4. The monoisotopic (exact) mass is 391 g/mol. The Hall–Kier alpha value is -1.33. The molecule has 0 aromatic heterocycles. The summed E-state index contributed by atoms with van der Waals surface area (Å²) in [5, 5.41) is 12.3. The molecule has 2 rings (SSSR count). The van der Waals surface area contributed by atoms with E-state index in [1.54, 1.807) is 0 Å². The fraction of sp³-hybridized carbons (Fsp3) is 0.636. The number of amides is 1. The Morgan fingerprint density at radius 3 is 2.37 bits per heavy atom. The van der Waals surface area contributed by atoms with Crippen LogP contribution in [0.15, 0.2) is 29.2 Å². The minimum Gasteiger partial charge on any atom is -0.385 e. The number of carbonyl (C=O) groups is 2. The van der Waals surface area contributed by atoms with Gasteiger partial charge in [0.1, 0.15) is 6.10 Å². The summed E-state index contributed by atoms with van der Waals surface area (Å²) in [5.74, 6) is 0.655. The summed E-state index contributed by atoms with van der Waals surface area (Å²) in [4.78, 5) is 26.0. The molecule has 1 saturated carbocycles. The Labute approximate surface area is 167 Å². The molecule has 27 heavy (non-hydrogen) atoms. The minimum absolute atomic E-state index is 0.0895. The number of benzene rings is 1. The van der Waals surface area contributed by atoms with Crippen molar-refractivity contribution in [2.45, 2.75) is 83.1 Å². The Balaban J connectivity index is 2.21. The standard InChI is InChI=1S/C22H33NO3S/c1-4-17(5-2)15-22(13-9-6-10-14-22)21(26)23-18-11-7-8-12-19(18)27-20(25)16(3)24/h7-8,11-12,16-17,24H,4-6,9-10,13-15H2,1-3H3,(H,23,26). The molecule has 0 heterocycles. The lowest BCUT2D eigenvalue weighted by atomic mass is 9.67. The van der Waals surface area contributed by atoms with Crippen molar-refractivity contribution in [1.82, 2.24) is 0 Å². The maximum absolute atomic E-state index is 13.4. The van der Waals surface area contributed by atoms with Gasteiger partial charge >= 0.3 is 0 Å². The van der Waals surface area contributed by atoms with Gasteiger partial charge in [0.25, 0.3) is 0 Å². The van der Waals surface area contributed by atoms with Gasteiger partial charge in [-0.15, -0.1) is 0 Å². The van der Waals surface area contributed by atoms with Crippen LogP contribution in [0.1, 0.15) is 72.1 Å². The highest BCUT2D eigenvalue weighted by molar-refractivity contribution is 8.13. The van der Waals surface area contributed by atoms with Gasteiger partial charge in [0.05, 0.1) is 5.69 Å². The Morgan fingerprint density at radius 2 is 1.78 bits per heavy atom. The number of para-hydroxylation sites is 1. The lowest BCUT2D eigenvalue weighted by Gasteiger charge is -2.38. The molecule has 5 heteroatoms. The van der Waals surface area contributed by atoms with Crippen LogP contribution >= 0.6 is 11.8 Å². The van der Waals surface area contributed by atoms with E-state index >= 15 is 0 Å². The third-order valence-corrected chi connectivity index (χ3v) is 6.93. The fourth-order valence-electron chi connectivity index (χ4n) is 3.99. The lowest BCUT2D eigenvalue weighted by molar-refractivity contribution is -0.128. The number of rotatable bonds is 8. The van der Waals surface area contributed by atoms with Gasteiger partial charge in [0.2, 0.25) is 11.0 Å². The first kappa shape index (κ1) is 22.0. The smallest absolute Gasteiger partial charge is 0.230 e. The van der Waals surface area contributed by atoms with E-state index in [0.717, 1.165) is 56.7 Å². The molecule has 1 unspecified atom stereocenters. The van der Waals surface area contributed by atoms with Crippen LogP contribution < -0.4 is 5.32 Å². The topological polar surface area (TPSA) is 66.4 Å². The molecule has 1 aromatic carbocycles. The van der Waals surface area contributed by atoms with E-state index in [2.05, 4.69) is 19.2 Å². The highest BCUT2D eigenvalue weighted by atomic mass is 32.2. The molecular formula is C22H33NO3S. The SMILES string of the molecule is CCC(CC)CC1(C(=O)Nc2ccccc2SC(=O)C(C)O)CCCCC1. The van der Waals surface area contributed by atoms with E-state index < -0.39 is 6.10 Å². The summed E-state index contributed by atoms with van der Waals surface area (Å²) in [7, 11) is 0. The van der Waals surface area contributed by atoms with E-state index in [1.165, 1.54) is 13.3 Å². The number of nitrogens with one attached hydrogen (secondary N) is 1. The van der Waals surface area contributed by atoms with E-state index in [9.17, 15) is 14.7 Å². The summed E-state index contributed by atoms with van der Waals surface area (Å²) >= 11 is 0.985. The predicted molar refractivity (Wildman–Crippen MR) is 112 cm³/mol. The molecule has 0 radical (unpaired) electrons. The van der Waals surface area contributed by atoms with Crippen molar-refractivity contribution in [2.24, 2.45) is 11.3 Å². The zero-order valence-electron chi connectivity index (χ0n) is 16.8. The molecule has 0 spiro atoms. The summed E-state index contributed by atoms with van der Waals surface area (Å²) in [5.41, 5.74) is 0.358. The molecule has 1 amide bonds. The van der Waals surface area contributed by atoms with E-state index in [4.69, 9.17) is 0 Å². The summed E-state index contributed by atoms with van der Waals surface area (Å²) in [6.45, 7) is 5.87. The quantitative estimate of drug-likeness (QED) is 0.582. The van der Waals surface area contributed by atoms with Crippen molar-refractivity contribution < 1.29 is 14.7 Å². The fourth-order valence-corrected chi connectivity index (χ4v) is 4.75. The molecule has 0 aliphatic heterocycles. The third-order valence-electron chi connectivity index (χ3n) is 5.81. The van der Waals surface area contributed by atoms with Gasteiger partial charge in [-0.2, -0.15) is 0 Å². The second kappa shape index (κ2) is 10.3. The zero-order chi connectivity index (χ0) is 19.9. The molecule has 1 fully saturated rings. The number of thioether (sulfide) groups is 1. The van der Waals surface area contributed by atoms with Crippen molar-refractivity contribution in [3.05, 3.63) is 24.3 Å². The molecular weight excluding hydrogens is 358 g/mol. The molecule has 1 aliphatic rings. The highest BCUT2D eigenvalue weighted by Crippen LogP contribution is 2.44. The first-order valence-electron chi connectivity index (χ1n) is 10.2. The van der Waals surface area contributed by atoms with Crippen LogP contribution in [-0.2, 0) is 9.59 Å². The van der Waals surface area contributed by atoms with Gasteiger partial charge in [0, 0.05) is 10.3 Å². The first-order valence-corrected chi connectivity index (χ1v) is 11.0. The van der Waals surface area contributed by atoms with Gasteiger partial charge in [-0.1, -0.05) is 58.1 Å². The van der Waals surface area contributed by atoms with Gasteiger partial charge in [0.15, 0.2) is 0 Å². The van der Waals surface area contributed by atoms with Gasteiger partial charge in [-0.05, 0) is 56.0 Å².